The fraction of sp³-hybridized carbons (Fsp3) is 0.545. The molecule has 0 rings (SSSR count). The van der Waals surface area contributed by atoms with Gasteiger partial charge in [-0.25, -0.2) is 4.79 Å². The van der Waals surface area contributed by atoms with Crippen molar-refractivity contribution in [2.24, 2.45) is 5.92 Å². The topological polar surface area (TPSA) is 78.9 Å². The molecule has 1 unspecified atom stereocenters. The first-order valence-corrected chi connectivity index (χ1v) is 5.07. The second-order valence-electron chi connectivity index (χ2n) is 3.13. The molecule has 17 heavy (non-hydrogen) atoms. The van der Waals surface area contributed by atoms with Gasteiger partial charge in [0.2, 0.25) is 6.79 Å². The van der Waals surface area contributed by atoms with Crippen LogP contribution in [0.1, 0.15) is 19.8 Å². The van der Waals surface area contributed by atoms with Crippen molar-refractivity contribution < 1.29 is 28.6 Å². The van der Waals surface area contributed by atoms with Crippen LogP contribution in [0.15, 0.2) is 12.7 Å². The van der Waals surface area contributed by atoms with E-state index in [1.807, 2.05) is 0 Å². The molecule has 6 nitrogen and oxygen atoms in total. The third kappa shape index (κ3) is 6.34. The summed E-state index contributed by atoms with van der Waals surface area (Å²) >= 11 is 0. The highest BCUT2D eigenvalue weighted by Gasteiger charge is 2.22. The van der Waals surface area contributed by atoms with Crippen LogP contribution in [0.3, 0.4) is 0 Å². The van der Waals surface area contributed by atoms with E-state index in [9.17, 15) is 14.4 Å². The van der Waals surface area contributed by atoms with Crippen molar-refractivity contribution in [2.75, 3.05) is 13.9 Å². The molecule has 0 aromatic carbocycles. The predicted molar refractivity (Wildman–Crippen MR) is 57.7 cm³/mol. The van der Waals surface area contributed by atoms with Gasteiger partial charge in [-0.05, 0) is 6.42 Å². The molecule has 0 bridgehead atoms. The molecule has 0 N–H and O–H groups in total. The van der Waals surface area contributed by atoms with E-state index < -0.39 is 30.6 Å². The van der Waals surface area contributed by atoms with Gasteiger partial charge in [0, 0.05) is 6.08 Å². The fourth-order valence-corrected chi connectivity index (χ4v) is 1.00. The molecule has 0 heterocycles. The average Bonchev–Trinajstić information content (AvgIpc) is 2.34. The zero-order valence-electron chi connectivity index (χ0n) is 9.93. The molecular formula is C11H16O6. The van der Waals surface area contributed by atoms with Crippen LogP contribution in [-0.4, -0.2) is 31.8 Å². The molecule has 0 saturated heterocycles. The first kappa shape index (κ1) is 15.2. The number of carbonyl (C=O) groups is 3. The Balaban J connectivity index is 4.04. The molecular weight excluding hydrogens is 228 g/mol. The normalized spacial score (nSPS) is 11.2. The highest BCUT2D eigenvalue weighted by Crippen LogP contribution is 2.11. The number of ether oxygens (including phenoxy) is 3. The van der Waals surface area contributed by atoms with Crippen LogP contribution in [0, 0.1) is 5.92 Å². The SMILES string of the molecule is C=CC(=O)OCOC(=O)C(CC)CC(=O)OC. The summed E-state index contributed by atoms with van der Waals surface area (Å²) in [6.45, 7) is 4.44. The van der Waals surface area contributed by atoms with Gasteiger partial charge in [0.05, 0.1) is 19.4 Å². The summed E-state index contributed by atoms with van der Waals surface area (Å²) in [6.07, 6.45) is 1.34. The molecule has 1 atom stereocenters. The Bertz CT molecular complexity index is 296. The van der Waals surface area contributed by atoms with Crippen molar-refractivity contribution >= 4 is 17.9 Å². The van der Waals surface area contributed by atoms with Crippen LogP contribution in [0.2, 0.25) is 0 Å². The Kier molecular flexibility index (Phi) is 7.41. The molecule has 6 heteroatoms. The Morgan fingerprint density at radius 2 is 1.94 bits per heavy atom. The summed E-state index contributed by atoms with van der Waals surface area (Å²) in [4.78, 5) is 33.1. The molecule has 0 amide bonds. The van der Waals surface area contributed by atoms with Gasteiger partial charge in [-0.2, -0.15) is 0 Å². The van der Waals surface area contributed by atoms with Crippen LogP contribution in [0.25, 0.3) is 0 Å². The van der Waals surface area contributed by atoms with Gasteiger partial charge in [0.15, 0.2) is 0 Å². The Labute approximate surface area is 99.5 Å². The molecule has 96 valence electrons. The van der Waals surface area contributed by atoms with Crippen molar-refractivity contribution in [1.82, 2.24) is 0 Å². The lowest BCUT2D eigenvalue weighted by Gasteiger charge is -2.12. The van der Waals surface area contributed by atoms with Crippen molar-refractivity contribution in [3.63, 3.8) is 0 Å². The minimum Gasteiger partial charge on any atom is -0.469 e. The summed E-state index contributed by atoms with van der Waals surface area (Å²) in [7, 11) is 1.24. The van der Waals surface area contributed by atoms with Crippen LogP contribution in [0.5, 0.6) is 0 Å². The highest BCUT2D eigenvalue weighted by atomic mass is 16.7. The third-order valence-electron chi connectivity index (χ3n) is 2.04. The number of methoxy groups -OCH3 is 1. The van der Waals surface area contributed by atoms with Crippen LogP contribution < -0.4 is 0 Å². The number of rotatable bonds is 7. The molecule has 0 aliphatic carbocycles. The van der Waals surface area contributed by atoms with Crippen LogP contribution in [0.4, 0.5) is 0 Å². The maximum Gasteiger partial charge on any atom is 0.333 e. The van der Waals surface area contributed by atoms with Crippen molar-refractivity contribution in [2.45, 2.75) is 19.8 Å². The number of carbonyl (C=O) groups excluding carboxylic acids is 3. The van der Waals surface area contributed by atoms with Crippen molar-refractivity contribution in [3.8, 4) is 0 Å². The molecule has 0 aromatic heterocycles. The Morgan fingerprint density at radius 3 is 2.41 bits per heavy atom. The zero-order valence-corrected chi connectivity index (χ0v) is 9.93. The van der Waals surface area contributed by atoms with E-state index in [0.717, 1.165) is 6.08 Å². The van der Waals surface area contributed by atoms with Crippen LogP contribution >= 0.6 is 0 Å². The Hall–Kier alpha value is -1.85. The smallest absolute Gasteiger partial charge is 0.333 e. The second-order valence-corrected chi connectivity index (χ2v) is 3.13. The lowest BCUT2D eigenvalue weighted by atomic mass is 10.0. The maximum atomic E-state index is 11.4. The largest absolute Gasteiger partial charge is 0.469 e. The summed E-state index contributed by atoms with van der Waals surface area (Å²) in [5.41, 5.74) is 0. The molecule has 0 saturated carbocycles. The van der Waals surface area contributed by atoms with E-state index >= 15 is 0 Å². The van der Waals surface area contributed by atoms with Gasteiger partial charge in [0.1, 0.15) is 0 Å². The fourth-order valence-electron chi connectivity index (χ4n) is 1.00. The van der Waals surface area contributed by atoms with E-state index in [-0.39, 0.29) is 6.42 Å². The number of esters is 3. The van der Waals surface area contributed by atoms with E-state index in [1.165, 1.54) is 7.11 Å². The second kappa shape index (κ2) is 8.32. The van der Waals surface area contributed by atoms with Crippen molar-refractivity contribution in [1.29, 1.82) is 0 Å². The van der Waals surface area contributed by atoms with E-state index in [4.69, 9.17) is 0 Å². The first-order chi connectivity index (χ1) is 8.04. The van der Waals surface area contributed by atoms with E-state index in [1.54, 1.807) is 6.92 Å². The van der Waals surface area contributed by atoms with Gasteiger partial charge in [-0.3, -0.25) is 9.59 Å². The van der Waals surface area contributed by atoms with E-state index in [2.05, 4.69) is 20.8 Å². The molecule has 0 radical (unpaired) electrons. The zero-order chi connectivity index (χ0) is 13.3. The van der Waals surface area contributed by atoms with E-state index in [0.29, 0.717) is 6.42 Å². The molecule has 0 spiro atoms. The highest BCUT2D eigenvalue weighted by molar-refractivity contribution is 5.81. The van der Waals surface area contributed by atoms with Gasteiger partial charge < -0.3 is 14.2 Å². The summed E-state index contributed by atoms with van der Waals surface area (Å²) in [6, 6.07) is 0. The van der Waals surface area contributed by atoms with Gasteiger partial charge in [-0.15, -0.1) is 0 Å². The number of hydrogen-bond acceptors (Lipinski definition) is 6. The van der Waals surface area contributed by atoms with Crippen LogP contribution in [-0.2, 0) is 28.6 Å². The third-order valence-corrected chi connectivity index (χ3v) is 2.04. The van der Waals surface area contributed by atoms with Gasteiger partial charge >= 0.3 is 17.9 Å². The Morgan fingerprint density at radius 1 is 1.29 bits per heavy atom. The maximum absolute atomic E-state index is 11.4. The molecule has 0 aromatic rings. The lowest BCUT2D eigenvalue weighted by molar-refractivity contribution is -0.169. The predicted octanol–water partition coefficient (Wildman–Crippen LogP) is 0.806. The minimum absolute atomic E-state index is 0.0543. The first-order valence-electron chi connectivity index (χ1n) is 5.07. The molecule has 0 aliphatic heterocycles. The summed E-state index contributed by atoms with van der Waals surface area (Å²) in [5.74, 6) is -2.37. The minimum atomic E-state index is -0.682. The quantitative estimate of drug-likeness (QED) is 0.374. The van der Waals surface area contributed by atoms with Gasteiger partial charge in [0.25, 0.3) is 0 Å². The summed E-state index contributed by atoms with van der Waals surface area (Å²) in [5, 5.41) is 0. The lowest BCUT2D eigenvalue weighted by Crippen LogP contribution is -2.22. The summed E-state index contributed by atoms with van der Waals surface area (Å²) < 4.78 is 13.6. The van der Waals surface area contributed by atoms with Gasteiger partial charge in [-0.1, -0.05) is 13.5 Å². The monoisotopic (exact) mass is 244 g/mol. The standard InChI is InChI=1S/C11H16O6/c1-4-8(6-10(13)15-3)11(14)17-7-16-9(12)5-2/h5,8H,2,4,6-7H2,1,3H3. The van der Waals surface area contributed by atoms with Crippen molar-refractivity contribution in [3.05, 3.63) is 12.7 Å². The average molecular weight is 244 g/mol. The number of hydrogen-bond donors (Lipinski definition) is 0. The molecule has 0 fully saturated rings. The molecule has 0 aliphatic rings.